The van der Waals surface area contributed by atoms with E-state index < -0.39 is 15.6 Å². The number of carbonyl (C=O) groups excluding carboxylic acids is 2. The third-order valence-electron chi connectivity index (χ3n) is 2.38. The van der Waals surface area contributed by atoms with Crippen molar-refractivity contribution in [2.75, 3.05) is 12.0 Å². The van der Waals surface area contributed by atoms with Crippen molar-refractivity contribution in [2.45, 2.75) is 3.79 Å². The van der Waals surface area contributed by atoms with Gasteiger partial charge in [0.25, 0.3) is 0 Å². The average Bonchev–Trinajstić information content (AvgIpc) is 2.66. The van der Waals surface area contributed by atoms with Gasteiger partial charge in [-0.1, -0.05) is 46.9 Å². The fraction of sp³-hybridized carbons (Fsp3) is 0.182. The number of methoxy groups -OCH3 is 1. The van der Waals surface area contributed by atoms with E-state index in [4.69, 9.17) is 39.5 Å². The molecule has 0 bridgehead atoms. The van der Waals surface area contributed by atoms with Gasteiger partial charge in [0, 0.05) is 0 Å². The number of ether oxygens (including phenoxy) is 1. The summed E-state index contributed by atoms with van der Waals surface area (Å²) in [7, 11) is 1.42. The molecule has 0 unspecified atom stereocenters. The van der Waals surface area contributed by atoms with Crippen molar-refractivity contribution in [1.82, 2.24) is 0 Å². The predicted molar refractivity (Wildman–Crippen MR) is 73.2 cm³/mol. The molecule has 2 amide bonds. The number of aliphatic imine (C=N–C) groups is 1. The molecule has 0 atom stereocenters. The molecule has 0 N–H and O–H groups in total. The standard InChI is InChI=1S/C11H7Cl3N2O3/c1-19-7-5-3-2-4-6(7)16-9(18)8(17)15-10(16)11(12,13)14/h2-5H,1H3. The van der Waals surface area contributed by atoms with Crippen LogP contribution in [0.1, 0.15) is 0 Å². The van der Waals surface area contributed by atoms with E-state index in [1.165, 1.54) is 7.11 Å². The molecule has 0 saturated heterocycles. The molecule has 0 radical (unpaired) electrons. The highest BCUT2D eigenvalue weighted by molar-refractivity contribution is 6.80. The minimum absolute atomic E-state index is 0.267. The van der Waals surface area contributed by atoms with Gasteiger partial charge in [-0.05, 0) is 12.1 Å². The van der Waals surface area contributed by atoms with E-state index in [-0.39, 0.29) is 11.5 Å². The number of carbonyl (C=O) groups is 2. The number of anilines is 1. The van der Waals surface area contributed by atoms with Gasteiger partial charge in [0.1, 0.15) is 5.75 Å². The van der Waals surface area contributed by atoms with Crippen LogP contribution in [0.25, 0.3) is 0 Å². The van der Waals surface area contributed by atoms with Crippen molar-refractivity contribution >= 4 is 58.1 Å². The zero-order chi connectivity index (χ0) is 14.2. The predicted octanol–water partition coefficient (Wildman–Crippen LogP) is 2.34. The second-order valence-corrected chi connectivity index (χ2v) is 5.83. The number of amidine groups is 1. The zero-order valence-electron chi connectivity index (χ0n) is 9.56. The molecular formula is C11H7Cl3N2O3. The molecule has 1 aliphatic rings. The van der Waals surface area contributed by atoms with Crippen LogP contribution in [0.15, 0.2) is 29.3 Å². The Labute approximate surface area is 123 Å². The first-order chi connectivity index (χ1) is 8.86. The minimum atomic E-state index is -2.00. The lowest BCUT2D eigenvalue weighted by Crippen LogP contribution is -2.40. The number of alkyl halides is 3. The zero-order valence-corrected chi connectivity index (χ0v) is 11.8. The van der Waals surface area contributed by atoms with Crippen LogP contribution in [0.3, 0.4) is 0 Å². The highest BCUT2D eigenvalue weighted by Gasteiger charge is 2.45. The summed E-state index contributed by atoms with van der Waals surface area (Å²) in [5.41, 5.74) is 0.283. The van der Waals surface area contributed by atoms with Crippen molar-refractivity contribution < 1.29 is 14.3 Å². The van der Waals surface area contributed by atoms with E-state index in [1.807, 2.05) is 0 Å². The second-order valence-electron chi connectivity index (χ2n) is 3.55. The number of para-hydroxylation sites is 2. The van der Waals surface area contributed by atoms with Gasteiger partial charge in [-0.2, -0.15) is 4.99 Å². The normalized spacial score (nSPS) is 15.8. The molecule has 5 nitrogen and oxygen atoms in total. The van der Waals surface area contributed by atoms with Crippen LogP contribution >= 0.6 is 34.8 Å². The Kier molecular flexibility index (Phi) is 3.71. The van der Waals surface area contributed by atoms with Crippen LogP contribution in [0.4, 0.5) is 5.69 Å². The Morgan fingerprint density at radius 3 is 2.42 bits per heavy atom. The maximum atomic E-state index is 11.9. The summed E-state index contributed by atoms with van der Waals surface area (Å²) in [6, 6.07) is 6.53. The lowest BCUT2D eigenvalue weighted by molar-refractivity contribution is -0.134. The molecule has 19 heavy (non-hydrogen) atoms. The number of benzene rings is 1. The number of amides is 2. The third-order valence-corrected chi connectivity index (χ3v) is 2.89. The van der Waals surface area contributed by atoms with Crippen LogP contribution < -0.4 is 9.64 Å². The fourth-order valence-electron chi connectivity index (χ4n) is 1.61. The molecule has 100 valence electrons. The molecular weight excluding hydrogens is 314 g/mol. The first-order valence-electron chi connectivity index (χ1n) is 5.03. The van der Waals surface area contributed by atoms with E-state index in [0.29, 0.717) is 5.75 Å². The van der Waals surface area contributed by atoms with Gasteiger partial charge < -0.3 is 4.74 Å². The number of nitrogens with zero attached hydrogens (tertiary/aromatic N) is 2. The van der Waals surface area contributed by atoms with E-state index in [2.05, 4.69) is 4.99 Å². The second kappa shape index (κ2) is 5.00. The van der Waals surface area contributed by atoms with E-state index >= 15 is 0 Å². The van der Waals surface area contributed by atoms with Gasteiger partial charge in [-0.3, -0.25) is 14.5 Å². The summed E-state index contributed by atoms with van der Waals surface area (Å²) in [6.45, 7) is 0. The van der Waals surface area contributed by atoms with E-state index in [0.717, 1.165) is 4.90 Å². The summed E-state index contributed by atoms with van der Waals surface area (Å²) in [5, 5.41) is 0. The van der Waals surface area contributed by atoms with Gasteiger partial charge in [0.2, 0.25) is 3.79 Å². The van der Waals surface area contributed by atoms with Crippen LogP contribution in [0, 0.1) is 0 Å². The molecule has 0 saturated carbocycles. The van der Waals surface area contributed by atoms with Crippen LogP contribution in [0.2, 0.25) is 0 Å². The number of rotatable bonds is 2. The molecule has 2 rings (SSSR count). The SMILES string of the molecule is COc1ccccc1N1C(=O)C(=O)N=C1C(Cl)(Cl)Cl. The van der Waals surface area contributed by atoms with Gasteiger partial charge in [0.15, 0.2) is 5.84 Å². The molecule has 8 heteroatoms. The van der Waals surface area contributed by atoms with E-state index in [9.17, 15) is 9.59 Å². The van der Waals surface area contributed by atoms with Crippen molar-refractivity contribution in [3.63, 3.8) is 0 Å². The van der Waals surface area contributed by atoms with Crippen molar-refractivity contribution in [3.05, 3.63) is 24.3 Å². The Balaban J connectivity index is 2.56. The highest BCUT2D eigenvalue weighted by Crippen LogP contribution is 2.37. The Morgan fingerprint density at radius 1 is 1.21 bits per heavy atom. The third kappa shape index (κ3) is 2.54. The Hall–Kier alpha value is -1.30. The first kappa shape index (κ1) is 14.1. The molecule has 0 aliphatic carbocycles. The molecule has 1 heterocycles. The number of hydrogen-bond acceptors (Lipinski definition) is 3. The van der Waals surface area contributed by atoms with Gasteiger partial charge in [-0.25, -0.2) is 0 Å². The molecule has 1 aromatic carbocycles. The molecule has 1 aromatic rings. The van der Waals surface area contributed by atoms with Gasteiger partial charge in [-0.15, -0.1) is 0 Å². The highest BCUT2D eigenvalue weighted by atomic mass is 35.6. The smallest absolute Gasteiger partial charge is 0.337 e. The molecule has 1 aliphatic heterocycles. The van der Waals surface area contributed by atoms with E-state index in [1.54, 1.807) is 24.3 Å². The van der Waals surface area contributed by atoms with Crippen molar-refractivity contribution in [1.29, 1.82) is 0 Å². The lowest BCUT2D eigenvalue weighted by Gasteiger charge is -2.23. The minimum Gasteiger partial charge on any atom is -0.495 e. The van der Waals surface area contributed by atoms with Crippen molar-refractivity contribution in [2.24, 2.45) is 4.99 Å². The summed E-state index contributed by atoms with van der Waals surface area (Å²) in [6.07, 6.45) is 0. The first-order valence-corrected chi connectivity index (χ1v) is 6.17. The Bertz CT molecular complexity index is 581. The fourth-order valence-corrected chi connectivity index (χ4v) is 1.99. The summed E-state index contributed by atoms with van der Waals surface area (Å²) in [5.74, 6) is -1.80. The monoisotopic (exact) mass is 320 g/mol. The summed E-state index contributed by atoms with van der Waals surface area (Å²) >= 11 is 17.2. The van der Waals surface area contributed by atoms with Crippen LogP contribution in [-0.4, -0.2) is 28.6 Å². The average molecular weight is 322 g/mol. The lowest BCUT2D eigenvalue weighted by atomic mass is 10.2. The molecule has 0 spiro atoms. The summed E-state index contributed by atoms with van der Waals surface area (Å²) in [4.78, 5) is 27.7. The van der Waals surface area contributed by atoms with Crippen LogP contribution in [0.5, 0.6) is 5.75 Å². The quantitative estimate of drug-likeness (QED) is 0.620. The van der Waals surface area contributed by atoms with Gasteiger partial charge >= 0.3 is 11.8 Å². The maximum absolute atomic E-state index is 11.9. The van der Waals surface area contributed by atoms with Gasteiger partial charge in [0.05, 0.1) is 12.8 Å². The number of hydrogen-bond donors (Lipinski definition) is 0. The molecule has 0 aromatic heterocycles. The maximum Gasteiger partial charge on any atom is 0.337 e. The largest absolute Gasteiger partial charge is 0.495 e. The van der Waals surface area contributed by atoms with Crippen LogP contribution in [-0.2, 0) is 9.59 Å². The number of halogens is 3. The Morgan fingerprint density at radius 2 is 1.84 bits per heavy atom. The van der Waals surface area contributed by atoms with Crippen molar-refractivity contribution in [3.8, 4) is 5.75 Å². The topological polar surface area (TPSA) is 59.0 Å². The molecule has 0 fully saturated rings. The summed E-state index contributed by atoms with van der Waals surface area (Å²) < 4.78 is 3.12.